The van der Waals surface area contributed by atoms with Gasteiger partial charge in [0.2, 0.25) is 0 Å². The highest BCUT2D eigenvalue weighted by atomic mass is 35.5. The summed E-state index contributed by atoms with van der Waals surface area (Å²) >= 11 is 12.3. The van der Waals surface area contributed by atoms with Gasteiger partial charge in [0.25, 0.3) is 10.0 Å². The Hall–Kier alpha value is -1.96. The molecule has 26 heavy (non-hydrogen) atoms. The second-order valence-electron chi connectivity index (χ2n) is 5.92. The molecule has 2 N–H and O–H groups in total. The van der Waals surface area contributed by atoms with Crippen LogP contribution in [0.3, 0.4) is 0 Å². The molecule has 1 fully saturated rings. The van der Waals surface area contributed by atoms with Crippen LogP contribution in [-0.4, -0.2) is 32.6 Å². The van der Waals surface area contributed by atoms with Crippen LogP contribution < -0.4 is 9.62 Å². The molecule has 0 amide bonds. The SMILES string of the molecule is O=C(O)c1ccc(S(=O)(=O)Nc2ccc(N3CCCC3)c(Cl)c2)c(Cl)c1. The molecule has 9 heteroatoms. The van der Waals surface area contributed by atoms with E-state index < -0.39 is 16.0 Å². The summed E-state index contributed by atoms with van der Waals surface area (Å²) in [5, 5.41) is 9.23. The molecule has 138 valence electrons. The van der Waals surface area contributed by atoms with Crippen LogP contribution in [-0.2, 0) is 10.0 Å². The lowest BCUT2D eigenvalue weighted by molar-refractivity contribution is 0.0696. The third-order valence-electron chi connectivity index (χ3n) is 4.11. The minimum absolute atomic E-state index is 0.0908. The average molecular weight is 415 g/mol. The fourth-order valence-electron chi connectivity index (χ4n) is 2.85. The Morgan fingerprint density at radius 2 is 1.73 bits per heavy atom. The second-order valence-corrected chi connectivity index (χ2v) is 8.38. The molecule has 6 nitrogen and oxygen atoms in total. The van der Waals surface area contributed by atoms with E-state index in [-0.39, 0.29) is 15.5 Å². The van der Waals surface area contributed by atoms with Gasteiger partial charge in [0.15, 0.2) is 0 Å². The minimum atomic E-state index is -3.98. The highest BCUT2D eigenvalue weighted by Gasteiger charge is 2.21. The number of carbonyl (C=O) groups is 1. The number of carboxylic acid groups (broad SMARTS) is 1. The molecule has 1 saturated heterocycles. The summed E-state index contributed by atoms with van der Waals surface area (Å²) < 4.78 is 27.5. The standard InChI is InChI=1S/C17H16Cl2N2O4S/c18-13-10-12(4-5-15(13)21-7-1-2-8-21)20-26(24,25)16-6-3-11(17(22)23)9-14(16)19/h3-6,9-10,20H,1-2,7-8H2,(H,22,23). The first-order valence-corrected chi connectivity index (χ1v) is 10.1. The molecule has 0 unspecified atom stereocenters. The van der Waals surface area contributed by atoms with Crippen LogP contribution in [0.5, 0.6) is 0 Å². The first-order valence-electron chi connectivity index (χ1n) is 7.88. The predicted octanol–water partition coefficient (Wildman–Crippen LogP) is 4.09. The van der Waals surface area contributed by atoms with Crippen LogP contribution in [0.25, 0.3) is 0 Å². The highest BCUT2D eigenvalue weighted by Crippen LogP contribution is 2.32. The number of nitrogens with one attached hydrogen (secondary N) is 1. The van der Waals surface area contributed by atoms with Crippen molar-refractivity contribution in [3.8, 4) is 0 Å². The van der Waals surface area contributed by atoms with Gasteiger partial charge >= 0.3 is 5.97 Å². The summed E-state index contributed by atoms with van der Waals surface area (Å²) in [4.78, 5) is 12.9. The van der Waals surface area contributed by atoms with Gasteiger partial charge in [-0.1, -0.05) is 23.2 Å². The smallest absolute Gasteiger partial charge is 0.335 e. The molecule has 0 aromatic heterocycles. The molecule has 0 atom stereocenters. The molecule has 2 aromatic rings. The van der Waals surface area contributed by atoms with Crippen molar-refractivity contribution in [1.29, 1.82) is 0 Å². The average Bonchev–Trinajstić information content (AvgIpc) is 3.08. The number of halogens is 2. The van der Waals surface area contributed by atoms with E-state index in [1.54, 1.807) is 18.2 Å². The normalized spacial score (nSPS) is 14.5. The van der Waals surface area contributed by atoms with E-state index in [9.17, 15) is 13.2 Å². The molecule has 0 saturated carbocycles. The lowest BCUT2D eigenvalue weighted by atomic mass is 10.2. The lowest BCUT2D eigenvalue weighted by Gasteiger charge is -2.20. The van der Waals surface area contributed by atoms with Crippen molar-refractivity contribution in [2.45, 2.75) is 17.7 Å². The minimum Gasteiger partial charge on any atom is -0.478 e. The van der Waals surface area contributed by atoms with Crippen LogP contribution in [0.1, 0.15) is 23.2 Å². The number of nitrogens with zero attached hydrogens (tertiary/aromatic N) is 1. The molecule has 0 bridgehead atoms. The van der Waals surface area contributed by atoms with E-state index in [2.05, 4.69) is 9.62 Å². The van der Waals surface area contributed by atoms with Gasteiger partial charge in [-0.15, -0.1) is 0 Å². The Morgan fingerprint density at radius 1 is 1.04 bits per heavy atom. The number of anilines is 2. The maximum absolute atomic E-state index is 12.6. The molecule has 1 aliphatic heterocycles. The first kappa shape index (κ1) is 18.8. The number of hydrogen-bond donors (Lipinski definition) is 2. The van der Waals surface area contributed by atoms with Gasteiger partial charge in [-0.05, 0) is 49.2 Å². The van der Waals surface area contributed by atoms with Crippen molar-refractivity contribution < 1.29 is 18.3 Å². The molecular weight excluding hydrogens is 399 g/mol. The first-order chi connectivity index (χ1) is 12.3. The molecule has 2 aromatic carbocycles. The number of rotatable bonds is 5. The topological polar surface area (TPSA) is 86.7 Å². The van der Waals surface area contributed by atoms with Crippen LogP contribution in [0.15, 0.2) is 41.3 Å². The summed E-state index contributed by atoms with van der Waals surface area (Å²) in [6.07, 6.45) is 2.21. The zero-order valence-corrected chi connectivity index (χ0v) is 15.9. The third kappa shape index (κ3) is 3.90. The lowest BCUT2D eigenvalue weighted by Crippen LogP contribution is -2.18. The monoisotopic (exact) mass is 414 g/mol. The van der Waals surface area contributed by atoms with E-state index in [0.717, 1.165) is 43.8 Å². The van der Waals surface area contributed by atoms with E-state index in [1.165, 1.54) is 6.07 Å². The number of sulfonamides is 1. The summed E-state index contributed by atoms with van der Waals surface area (Å²) in [6, 6.07) is 8.41. The van der Waals surface area contributed by atoms with Gasteiger partial charge in [-0.2, -0.15) is 0 Å². The molecule has 3 rings (SSSR count). The number of hydrogen-bond acceptors (Lipinski definition) is 4. The van der Waals surface area contributed by atoms with Crippen molar-refractivity contribution in [2.75, 3.05) is 22.7 Å². The number of benzene rings is 2. The Bertz CT molecular complexity index is 957. The van der Waals surface area contributed by atoms with Crippen molar-refractivity contribution in [3.63, 3.8) is 0 Å². The summed E-state index contributed by atoms with van der Waals surface area (Å²) in [5.41, 5.74) is 1.08. The molecule has 1 aliphatic rings. The van der Waals surface area contributed by atoms with Gasteiger partial charge in [-0.25, -0.2) is 13.2 Å². The summed E-state index contributed by atoms with van der Waals surface area (Å²) in [6.45, 7) is 1.85. The van der Waals surface area contributed by atoms with Gasteiger partial charge in [0, 0.05) is 13.1 Å². The van der Waals surface area contributed by atoms with Crippen LogP contribution in [0.2, 0.25) is 10.0 Å². The Morgan fingerprint density at radius 3 is 2.31 bits per heavy atom. The van der Waals surface area contributed by atoms with Gasteiger partial charge in [-0.3, -0.25) is 4.72 Å². The maximum atomic E-state index is 12.6. The quantitative estimate of drug-likeness (QED) is 0.768. The van der Waals surface area contributed by atoms with Gasteiger partial charge in [0.05, 0.1) is 27.0 Å². The van der Waals surface area contributed by atoms with Gasteiger partial charge < -0.3 is 10.0 Å². The van der Waals surface area contributed by atoms with E-state index in [1.807, 2.05) is 0 Å². The highest BCUT2D eigenvalue weighted by molar-refractivity contribution is 7.92. The second kappa shape index (κ2) is 7.34. The zero-order chi connectivity index (χ0) is 18.9. The summed E-state index contributed by atoms with van der Waals surface area (Å²) in [7, 11) is -3.98. The molecule has 0 aliphatic carbocycles. The Labute approximate surface area is 161 Å². The number of carboxylic acids is 1. The predicted molar refractivity (Wildman–Crippen MR) is 102 cm³/mol. The van der Waals surface area contributed by atoms with E-state index >= 15 is 0 Å². The third-order valence-corrected chi connectivity index (χ3v) is 6.28. The summed E-state index contributed by atoms with van der Waals surface area (Å²) in [5.74, 6) is -1.19. The van der Waals surface area contributed by atoms with Crippen molar-refractivity contribution in [3.05, 3.63) is 52.0 Å². The van der Waals surface area contributed by atoms with E-state index in [0.29, 0.717) is 10.7 Å². The van der Waals surface area contributed by atoms with E-state index in [4.69, 9.17) is 28.3 Å². The van der Waals surface area contributed by atoms with Crippen LogP contribution in [0.4, 0.5) is 11.4 Å². The van der Waals surface area contributed by atoms with Crippen LogP contribution in [0, 0.1) is 0 Å². The largest absolute Gasteiger partial charge is 0.478 e. The number of aromatic carboxylic acids is 1. The molecule has 1 heterocycles. The maximum Gasteiger partial charge on any atom is 0.335 e. The van der Waals surface area contributed by atoms with Gasteiger partial charge in [0.1, 0.15) is 4.90 Å². The molecule has 0 radical (unpaired) electrons. The van der Waals surface area contributed by atoms with Crippen molar-refractivity contribution in [2.24, 2.45) is 0 Å². The Balaban J connectivity index is 1.85. The zero-order valence-electron chi connectivity index (χ0n) is 13.6. The van der Waals surface area contributed by atoms with Crippen molar-refractivity contribution >= 4 is 50.6 Å². The fourth-order valence-corrected chi connectivity index (χ4v) is 4.74. The van der Waals surface area contributed by atoms with Crippen molar-refractivity contribution in [1.82, 2.24) is 0 Å². The molecule has 0 spiro atoms. The van der Waals surface area contributed by atoms with Crippen LogP contribution >= 0.6 is 23.2 Å². The Kier molecular flexibility index (Phi) is 5.32. The molecular formula is C17H16Cl2N2O4S. The fraction of sp³-hybridized carbons (Fsp3) is 0.235.